The van der Waals surface area contributed by atoms with Gasteiger partial charge in [0.15, 0.2) is 5.96 Å². The number of amides is 1. The maximum atomic E-state index is 11.8. The second kappa shape index (κ2) is 11.4. The van der Waals surface area contributed by atoms with Crippen LogP contribution in [-0.2, 0) is 13.0 Å². The third-order valence-electron chi connectivity index (χ3n) is 4.71. The van der Waals surface area contributed by atoms with Crippen molar-refractivity contribution >= 4 is 11.9 Å². The van der Waals surface area contributed by atoms with Gasteiger partial charge in [0.25, 0.3) is 5.91 Å². The zero-order chi connectivity index (χ0) is 21.9. The van der Waals surface area contributed by atoms with E-state index in [4.69, 9.17) is 4.74 Å². The van der Waals surface area contributed by atoms with Gasteiger partial charge in [-0.3, -0.25) is 9.79 Å². The second-order valence-electron chi connectivity index (χ2n) is 6.94. The van der Waals surface area contributed by atoms with Gasteiger partial charge in [0.1, 0.15) is 11.5 Å². The normalized spacial score (nSPS) is 11.0. The number of benzene rings is 3. The number of nitrogens with zero attached hydrogens (tertiary/aromatic N) is 1. The first kappa shape index (κ1) is 21.9. The highest BCUT2D eigenvalue weighted by Gasteiger charge is 2.04. The molecule has 0 aliphatic rings. The lowest BCUT2D eigenvalue weighted by Gasteiger charge is -2.13. The van der Waals surface area contributed by atoms with E-state index in [1.807, 2.05) is 78.9 Å². The highest BCUT2D eigenvalue weighted by molar-refractivity contribution is 5.94. The number of aliphatic imine (C=N–C) groups is 1. The van der Waals surface area contributed by atoms with Crippen molar-refractivity contribution in [3.8, 4) is 11.5 Å². The van der Waals surface area contributed by atoms with Crippen LogP contribution in [0.2, 0.25) is 0 Å². The Morgan fingerprint density at radius 1 is 0.871 bits per heavy atom. The average Bonchev–Trinajstić information content (AvgIpc) is 2.82. The molecule has 0 saturated heterocycles. The summed E-state index contributed by atoms with van der Waals surface area (Å²) < 4.78 is 5.82. The number of carbonyl (C=O) groups excluding carboxylic acids is 1. The number of guanidine groups is 1. The Kier molecular flexibility index (Phi) is 8.05. The van der Waals surface area contributed by atoms with E-state index in [1.54, 1.807) is 14.1 Å². The van der Waals surface area contributed by atoms with E-state index in [1.165, 1.54) is 0 Å². The van der Waals surface area contributed by atoms with E-state index in [9.17, 15) is 4.79 Å². The van der Waals surface area contributed by atoms with Crippen molar-refractivity contribution in [1.29, 1.82) is 0 Å². The Morgan fingerprint density at radius 3 is 2.32 bits per heavy atom. The Morgan fingerprint density at radius 2 is 1.61 bits per heavy atom. The van der Waals surface area contributed by atoms with Crippen molar-refractivity contribution in [2.75, 3.05) is 20.6 Å². The van der Waals surface area contributed by atoms with Gasteiger partial charge in [0.05, 0.1) is 0 Å². The summed E-state index contributed by atoms with van der Waals surface area (Å²) in [4.78, 5) is 16.0. The molecule has 6 nitrogen and oxygen atoms in total. The maximum absolute atomic E-state index is 11.8. The lowest BCUT2D eigenvalue weighted by atomic mass is 10.1. The van der Waals surface area contributed by atoms with E-state index in [2.05, 4.69) is 20.9 Å². The molecule has 6 heteroatoms. The molecule has 0 aliphatic heterocycles. The first-order valence-electron chi connectivity index (χ1n) is 10.3. The van der Waals surface area contributed by atoms with E-state index >= 15 is 0 Å². The molecule has 3 aromatic rings. The van der Waals surface area contributed by atoms with Crippen LogP contribution >= 0.6 is 0 Å². The summed E-state index contributed by atoms with van der Waals surface area (Å²) in [6.45, 7) is 1.36. The molecule has 0 fully saturated rings. The molecule has 160 valence electrons. The molecule has 0 atom stereocenters. The SMILES string of the molecule is CN=C(NCCc1cccc(C(=O)NC)c1)NCc1ccc(Oc2ccccc2)cc1. The minimum Gasteiger partial charge on any atom is -0.457 e. The molecule has 3 rings (SSSR count). The molecule has 0 radical (unpaired) electrons. The Hall–Kier alpha value is -3.80. The molecule has 0 bridgehead atoms. The minimum absolute atomic E-state index is 0.0764. The van der Waals surface area contributed by atoms with Crippen LogP contribution in [0.5, 0.6) is 11.5 Å². The molecule has 31 heavy (non-hydrogen) atoms. The molecular weight excluding hydrogens is 388 g/mol. The van der Waals surface area contributed by atoms with Crippen molar-refractivity contribution in [3.05, 3.63) is 95.6 Å². The molecule has 0 saturated carbocycles. The largest absolute Gasteiger partial charge is 0.457 e. The fraction of sp³-hybridized carbons (Fsp3) is 0.200. The van der Waals surface area contributed by atoms with Crippen LogP contribution in [0.15, 0.2) is 83.9 Å². The second-order valence-corrected chi connectivity index (χ2v) is 6.94. The summed E-state index contributed by atoms with van der Waals surface area (Å²) in [6.07, 6.45) is 0.789. The van der Waals surface area contributed by atoms with Gasteiger partial charge in [-0.05, 0) is 53.9 Å². The minimum atomic E-state index is -0.0764. The van der Waals surface area contributed by atoms with Crippen LogP contribution in [0.1, 0.15) is 21.5 Å². The van der Waals surface area contributed by atoms with Crippen LogP contribution < -0.4 is 20.7 Å². The maximum Gasteiger partial charge on any atom is 0.251 e. The lowest BCUT2D eigenvalue weighted by molar-refractivity contribution is 0.0963. The highest BCUT2D eigenvalue weighted by atomic mass is 16.5. The van der Waals surface area contributed by atoms with Gasteiger partial charge in [-0.25, -0.2) is 0 Å². The average molecular weight is 417 g/mol. The molecule has 3 N–H and O–H groups in total. The lowest BCUT2D eigenvalue weighted by Crippen LogP contribution is -2.37. The third kappa shape index (κ3) is 6.89. The molecule has 1 amide bonds. The fourth-order valence-corrected chi connectivity index (χ4v) is 3.04. The standard InChI is InChI=1S/C25H28N4O2/c1-26-24(30)21-8-6-7-19(17-21)15-16-28-25(27-2)29-18-20-11-13-23(14-12-20)31-22-9-4-3-5-10-22/h3-14,17H,15-16,18H2,1-2H3,(H,26,30)(H2,27,28,29). The van der Waals surface area contributed by atoms with Crippen molar-refractivity contribution in [2.45, 2.75) is 13.0 Å². The van der Waals surface area contributed by atoms with Crippen LogP contribution in [0.4, 0.5) is 0 Å². The zero-order valence-corrected chi connectivity index (χ0v) is 17.9. The number of hydrogen-bond donors (Lipinski definition) is 3. The summed E-state index contributed by atoms with van der Waals surface area (Å²) in [5, 5.41) is 9.27. The topological polar surface area (TPSA) is 74.8 Å². The molecular formula is C25H28N4O2. The van der Waals surface area contributed by atoms with Gasteiger partial charge in [0.2, 0.25) is 0 Å². The van der Waals surface area contributed by atoms with E-state index in [0.717, 1.165) is 35.0 Å². The number of hydrogen-bond acceptors (Lipinski definition) is 3. The zero-order valence-electron chi connectivity index (χ0n) is 17.9. The van der Waals surface area contributed by atoms with Gasteiger partial charge >= 0.3 is 0 Å². The van der Waals surface area contributed by atoms with Crippen LogP contribution in [-0.4, -0.2) is 32.5 Å². The van der Waals surface area contributed by atoms with Gasteiger partial charge in [0, 0.05) is 32.7 Å². The predicted molar refractivity (Wildman–Crippen MR) is 125 cm³/mol. The summed E-state index contributed by atoms with van der Waals surface area (Å²) in [5.41, 5.74) is 2.89. The summed E-state index contributed by atoms with van der Waals surface area (Å²) in [7, 11) is 3.38. The van der Waals surface area contributed by atoms with Crippen molar-refractivity contribution < 1.29 is 9.53 Å². The fourth-order valence-electron chi connectivity index (χ4n) is 3.04. The van der Waals surface area contributed by atoms with E-state index < -0.39 is 0 Å². The molecule has 0 unspecified atom stereocenters. The number of ether oxygens (including phenoxy) is 1. The van der Waals surface area contributed by atoms with Gasteiger partial charge in [-0.15, -0.1) is 0 Å². The summed E-state index contributed by atoms with van der Waals surface area (Å²) in [5.74, 6) is 2.27. The van der Waals surface area contributed by atoms with Crippen molar-refractivity contribution in [3.63, 3.8) is 0 Å². The molecule has 0 aliphatic carbocycles. The quantitative estimate of drug-likeness (QED) is 0.386. The first-order valence-corrected chi connectivity index (χ1v) is 10.3. The van der Waals surface area contributed by atoms with Crippen LogP contribution in [0.3, 0.4) is 0 Å². The molecule has 0 aromatic heterocycles. The third-order valence-corrected chi connectivity index (χ3v) is 4.71. The molecule has 0 spiro atoms. The van der Waals surface area contributed by atoms with E-state index in [-0.39, 0.29) is 5.91 Å². The van der Waals surface area contributed by atoms with Crippen molar-refractivity contribution in [2.24, 2.45) is 4.99 Å². The highest BCUT2D eigenvalue weighted by Crippen LogP contribution is 2.21. The Labute approximate surface area is 183 Å². The Balaban J connectivity index is 1.45. The predicted octanol–water partition coefficient (Wildman–Crippen LogP) is 3.75. The number of carbonyl (C=O) groups is 1. The van der Waals surface area contributed by atoms with Gasteiger partial charge < -0.3 is 20.7 Å². The van der Waals surface area contributed by atoms with Gasteiger partial charge in [-0.2, -0.15) is 0 Å². The van der Waals surface area contributed by atoms with Gasteiger partial charge in [-0.1, -0.05) is 42.5 Å². The molecule has 3 aromatic carbocycles. The smallest absolute Gasteiger partial charge is 0.251 e. The molecule has 0 heterocycles. The number of nitrogens with one attached hydrogen (secondary N) is 3. The van der Waals surface area contributed by atoms with Crippen molar-refractivity contribution in [1.82, 2.24) is 16.0 Å². The monoisotopic (exact) mass is 416 g/mol. The summed E-state index contributed by atoms with van der Waals surface area (Å²) >= 11 is 0. The van der Waals surface area contributed by atoms with Crippen LogP contribution in [0, 0.1) is 0 Å². The van der Waals surface area contributed by atoms with Crippen LogP contribution in [0.25, 0.3) is 0 Å². The Bertz CT molecular complexity index is 1000. The number of para-hydroxylation sites is 1. The van der Waals surface area contributed by atoms with E-state index in [0.29, 0.717) is 18.7 Å². The first-order chi connectivity index (χ1) is 15.2. The summed E-state index contributed by atoms with van der Waals surface area (Å²) in [6, 6.07) is 25.3. The number of rotatable bonds is 8.